The quantitative estimate of drug-likeness (QED) is 0.526. The molecule has 8 atom stereocenters. The number of allylic oxidation sites excluding steroid dienone is 2. The summed E-state index contributed by atoms with van der Waals surface area (Å²) in [5, 5.41) is 22.0. The maximum Gasteiger partial charge on any atom is 0.105 e. The first kappa shape index (κ1) is 21.3. The van der Waals surface area contributed by atoms with Crippen LogP contribution in [0.5, 0.6) is 0 Å². The van der Waals surface area contributed by atoms with Gasteiger partial charge in [-0.1, -0.05) is 19.1 Å². The number of alkyl halides is 1. The van der Waals surface area contributed by atoms with Crippen molar-refractivity contribution in [3.8, 4) is 0 Å². The highest BCUT2D eigenvalue weighted by Crippen LogP contribution is 2.71. The van der Waals surface area contributed by atoms with Crippen LogP contribution in [0.4, 0.5) is 0 Å². The number of likely N-dealkylation sites (N-methyl/N-ethyl adjacent to an activating group) is 1. The number of aliphatic hydroxyl groups is 2. The van der Waals surface area contributed by atoms with E-state index in [1.165, 1.54) is 11.1 Å². The van der Waals surface area contributed by atoms with E-state index in [0.29, 0.717) is 6.42 Å². The molecule has 172 valence electrons. The second kappa shape index (κ2) is 6.67. The summed E-state index contributed by atoms with van der Waals surface area (Å²) in [6.07, 6.45) is 11.6. The van der Waals surface area contributed by atoms with Crippen molar-refractivity contribution in [2.24, 2.45) is 11.3 Å². The summed E-state index contributed by atoms with van der Waals surface area (Å²) in [4.78, 5) is 5.57. The molecule has 2 aliphatic heterocycles. The van der Waals surface area contributed by atoms with E-state index in [9.17, 15) is 10.2 Å². The maximum absolute atomic E-state index is 11.1. The lowest BCUT2D eigenvalue weighted by molar-refractivity contribution is -0.199. The maximum atomic E-state index is 11.1. The molecule has 0 amide bonds. The zero-order valence-electron chi connectivity index (χ0n) is 19.1. The van der Waals surface area contributed by atoms with Gasteiger partial charge in [0.1, 0.15) is 6.10 Å². The Bertz CT molecular complexity index is 1010. The Morgan fingerprint density at radius 3 is 2.59 bits per heavy atom. The Morgan fingerprint density at radius 2 is 1.88 bits per heavy atom. The van der Waals surface area contributed by atoms with E-state index in [-0.39, 0.29) is 17.4 Å². The molecule has 1 saturated heterocycles. The van der Waals surface area contributed by atoms with Crippen LogP contribution in [0.25, 0.3) is 5.57 Å². The summed E-state index contributed by atoms with van der Waals surface area (Å²) >= 11 is 7.47. The molecule has 3 fully saturated rings. The lowest BCUT2D eigenvalue weighted by Crippen LogP contribution is -2.68. The zero-order valence-corrected chi connectivity index (χ0v) is 19.8. The SMILES string of the molecule is CN(C)[C@H]1C[C@@]23CC[C@]4(O2)C2CC=C(c5ccncc5)[C@@]2(C)CCC4(Cl)C=C3[C@@H](O)[C@@H]1O. The molecule has 6 rings (SSSR count). The number of halogens is 1. The average Bonchev–Trinajstić information content (AvgIpc) is 3.30. The normalized spacial score (nSPS) is 49.2. The number of ether oxygens (including phenoxy) is 1. The lowest BCUT2D eigenvalue weighted by atomic mass is 9.54. The van der Waals surface area contributed by atoms with Crippen molar-refractivity contribution in [2.45, 2.75) is 79.8 Å². The number of nitrogens with zero attached hydrogens (tertiary/aromatic N) is 2. The highest BCUT2D eigenvalue weighted by atomic mass is 35.5. The molecule has 2 unspecified atom stereocenters. The first-order chi connectivity index (χ1) is 15.2. The van der Waals surface area contributed by atoms with Crippen molar-refractivity contribution in [1.29, 1.82) is 0 Å². The zero-order chi connectivity index (χ0) is 22.5. The van der Waals surface area contributed by atoms with E-state index < -0.39 is 28.3 Å². The number of fused-ring (bicyclic) bond motifs is 1. The smallest absolute Gasteiger partial charge is 0.105 e. The van der Waals surface area contributed by atoms with Gasteiger partial charge in [0.2, 0.25) is 0 Å². The Balaban J connectivity index is 1.44. The van der Waals surface area contributed by atoms with Crippen LogP contribution in [-0.4, -0.2) is 68.5 Å². The number of aromatic nitrogens is 1. The van der Waals surface area contributed by atoms with Gasteiger partial charge in [0.25, 0.3) is 0 Å². The minimum atomic E-state index is -0.940. The van der Waals surface area contributed by atoms with E-state index in [1.54, 1.807) is 0 Å². The topological polar surface area (TPSA) is 65.8 Å². The number of aliphatic hydroxyl groups excluding tert-OH is 2. The second-order valence-corrected chi connectivity index (χ2v) is 11.9. The Morgan fingerprint density at radius 1 is 1.12 bits per heavy atom. The van der Waals surface area contributed by atoms with Crippen molar-refractivity contribution in [3.63, 3.8) is 0 Å². The van der Waals surface area contributed by atoms with Gasteiger partial charge in [-0.3, -0.25) is 4.98 Å². The third-order valence-corrected chi connectivity index (χ3v) is 10.3. The van der Waals surface area contributed by atoms with Crippen LogP contribution in [0.2, 0.25) is 0 Å². The summed E-state index contributed by atoms with van der Waals surface area (Å²) in [5.41, 5.74) is 2.44. The number of rotatable bonds is 2. The average molecular weight is 457 g/mol. The van der Waals surface area contributed by atoms with E-state index in [1.807, 2.05) is 31.4 Å². The van der Waals surface area contributed by atoms with Crippen LogP contribution in [-0.2, 0) is 4.74 Å². The third-order valence-electron chi connectivity index (χ3n) is 9.63. The van der Waals surface area contributed by atoms with Gasteiger partial charge in [-0.2, -0.15) is 0 Å². The number of pyridine rings is 1. The van der Waals surface area contributed by atoms with Crippen molar-refractivity contribution in [3.05, 3.63) is 47.8 Å². The van der Waals surface area contributed by atoms with E-state index in [0.717, 1.165) is 37.7 Å². The minimum Gasteiger partial charge on any atom is -0.388 e. The molecule has 5 nitrogen and oxygen atoms in total. The molecule has 2 bridgehead atoms. The molecule has 1 aromatic rings. The summed E-state index contributed by atoms with van der Waals surface area (Å²) in [7, 11) is 3.93. The third kappa shape index (κ3) is 2.47. The Hall–Kier alpha value is -1.24. The van der Waals surface area contributed by atoms with Gasteiger partial charge < -0.3 is 19.8 Å². The highest BCUT2D eigenvalue weighted by Gasteiger charge is 2.73. The van der Waals surface area contributed by atoms with Gasteiger partial charge in [0, 0.05) is 24.4 Å². The highest BCUT2D eigenvalue weighted by molar-refractivity contribution is 6.26. The van der Waals surface area contributed by atoms with Crippen LogP contribution >= 0.6 is 11.6 Å². The molecule has 3 heterocycles. The van der Waals surface area contributed by atoms with Crippen molar-refractivity contribution >= 4 is 17.2 Å². The predicted octanol–water partition coefficient (Wildman–Crippen LogP) is 3.55. The van der Waals surface area contributed by atoms with Crippen LogP contribution in [0.1, 0.15) is 51.0 Å². The molecule has 1 aromatic heterocycles. The number of hydrogen-bond acceptors (Lipinski definition) is 5. The molecular weight excluding hydrogens is 424 g/mol. The largest absolute Gasteiger partial charge is 0.388 e. The molecule has 3 aliphatic carbocycles. The summed E-state index contributed by atoms with van der Waals surface area (Å²) in [5.74, 6) is 0.281. The van der Waals surface area contributed by atoms with Crippen LogP contribution in [0, 0.1) is 11.3 Å². The molecule has 2 N–H and O–H groups in total. The molecule has 0 radical (unpaired) electrons. The van der Waals surface area contributed by atoms with Gasteiger partial charge in [-0.25, -0.2) is 0 Å². The first-order valence-corrected chi connectivity index (χ1v) is 12.3. The Kier molecular flexibility index (Phi) is 4.44. The molecule has 5 aliphatic rings. The van der Waals surface area contributed by atoms with Gasteiger partial charge >= 0.3 is 0 Å². The number of hydrogen-bond donors (Lipinski definition) is 2. The summed E-state index contributed by atoms with van der Waals surface area (Å²) < 4.78 is 7.20. The predicted molar refractivity (Wildman–Crippen MR) is 124 cm³/mol. The van der Waals surface area contributed by atoms with Crippen molar-refractivity contribution < 1.29 is 14.9 Å². The molecule has 2 spiro atoms. The van der Waals surface area contributed by atoms with E-state index >= 15 is 0 Å². The van der Waals surface area contributed by atoms with Gasteiger partial charge in [0.05, 0.1) is 22.2 Å². The fourth-order valence-electron chi connectivity index (χ4n) is 7.96. The standard InChI is InChI=1S/C26H33ClN2O3/c1-23-8-10-25(27)14-18-21(30)22(31)19(29(2)3)15-24(18)9-11-26(25,32-24)20(23)5-4-17(23)16-6-12-28-13-7-16/h4,6-7,12-14,19-22,30-31H,5,8-11,15H2,1-3H3/t19-,20?,21+,22+,23+,24+,25?,26-/m0/s1. The molecule has 0 aromatic carbocycles. The summed E-state index contributed by atoms with van der Waals surface area (Å²) in [6, 6.07) is 4.07. The minimum absolute atomic E-state index is 0.00956. The lowest BCUT2D eigenvalue weighted by Gasteiger charge is -2.61. The van der Waals surface area contributed by atoms with Crippen molar-refractivity contribution in [1.82, 2.24) is 9.88 Å². The fraction of sp³-hybridized carbons (Fsp3) is 0.654. The fourth-order valence-corrected chi connectivity index (χ4v) is 8.44. The van der Waals surface area contributed by atoms with Crippen LogP contribution in [0.3, 0.4) is 0 Å². The van der Waals surface area contributed by atoms with Crippen LogP contribution < -0.4 is 0 Å². The van der Waals surface area contributed by atoms with E-state index in [4.69, 9.17) is 16.3 Å². The molecule has 6 heteroatoms. The Labute approximate surface area is 195 Å². The molecule has 32 heavy (non-hydrogen) atoms. The summed E-state index contributed by atoms with van der Waals surface area (Å²) in [6.45, 7) is 2.39. The van der Waals surface area contributed by atoms with Gasteiger partial charge in [-0.15, -0.1) is 11.6 Å². The van der Waals surface area contributed by atoms with E-state index in [2.05, 4.69) is 36.2 Å². The second-order valence-electron chi connectivity index (χ2n) is 11.2. The van der Waals surface area contributed by atoms with Gasteiger partial charge in [0.15, 0.2) is 0 Å². The van der Waals surface area contributed by atoms with Crippen molar-refractivity contribution in [2.75, 3.05) is 14.1 Å². The monoisotopic (exact) mass is 456 g/mol. The molecular formula is C26H33ClN2O3. The first-order valence-electron chi connectivity index (χ1n) is 11.9. The molecule has 2 saturated carbocycles. The van der Waals surface area contributed by atoms with Gasteiger partial charge in [-0.05, 0) is 86.9 Å². The van der Waals surface area contributed by atoms with Crippen LogP contribution in [0.15, 0.2) is 42.3 Å².